The number of rotatable bonds is 2. The monoisotopic (exact) mass is 340 g/mol. The van der Waals surface area contributed by atoms with Crippen molar-refractivity contribution in [1.82, 2.24) is 0 Å². The first kappa shape index (κ1) is 10.7. The van der Waals surface area contributed by atoms with Crippen molar-refractivity contribution in [2.75, 3.05) is 0 Å². The molecule has 0 saturated heterocycles. The van der Waals surface area contributed by atoms with Crippen LogP contribution in [0.1, 0.15) is 32.1 Å². The molecule has 3 fully saturated rings. The maximum atomic E-state index is 6.15. The molecule has 4 atom stereocenters. The summed E-state index contributed by atoms with van der Waals surface area (Å²) in [5.74, 6) is 3.06. The van der Waals surface area contributed by atoms with Crippen molar-refractivity contribution in [2.24, 2.45) is 17.3 Å². The van der Waals surface area contributed by atoms with Gasteiger partial charge in [0.25, 0.3) is 0 Å². The lowest BCUT2D eigenvalue weighted by molar-refractivity contribution is 0.0184. The maximum absolute atomic E-state index is 6.15. The van der Waals surface area contributed by atoms with Gasteiger partial charge in [0.1, 0.15) is 5.75 Å². The van der Waals surface area contributed by atoms with Crippen molar-refractivity contribution < 1.29 is 4.74 Å². The normalized spacial score (nSPS) is 42.1. The van der Waals surface area contributed by atoms with Gasteiger partial charge < -0.3 is 4.74 Å². The highest BCUT2D eigenvalue weighted by atomic mass is 127. The molecule has 0 aliphatic heterocycles. The van der Waals surface area contributed by atoms with E-state index in [0.717, 1.165) is 23.0 Å². The summed E-state index contributed by atoms with van der Waals surface area (Å²) in [6.07, 6.45) is 7.58. The van der Waals surface area contributed by atoms with Crippen LogP contribution in [0.25, 0.3) is 0 Å². The summed E-state index contributed by atoms with van der Waals surface area (Å²) < 4.78 is 7.43. The van der Waals surface area contributed by atoms with Crippen LogP contribution < -0.4 is 4.74 Å². The third-order valence-electron chi connectivity index (χ3n) is 5.26. The Morgan fingerprint density at radius 2 is 1.88 bits per heavy atom. The predicted molar refractivity (Wildman–Crippen MR) is 76.1 cm³/mol. The van der Waals surface area contributed by atoms with Crippen molar-refractivity contribution in [3.63, 3.8) is 0 Å². The van der Waals surface area contributed by atoms with Gasteiger partial charge in [0.05, 0.1) is 6.10 Å². The van der Waals surface area contributed by atoms with Crippen LogP contribution in [0.15, 0.2) is 24.3 Å². The van der Waals surface area contributed by atoms with Crippen LogP contribution in [-0.2, 0) is 0 Å². The van der Waals surface area contributed by atoms with Crippen LogP contribution >= 0.6 is 22.6 Å². The Hall–Kier alpha value is -0.250. The lowest BCUT2D eigenvalue weighted by atomic mass is 9.63. The van der Waals surface area contributed by atoms with Gasteiger partial charge in [-0.1, -0.05) is 0 Å². The van der Waals surface area contributed by atoms with Crippen LogP contribution in [0.3, 0.4) is 0 Å². The zero-order valence-corrected chi connectivity index (χ0v) is 12.0. The molecule has 2 heteroatoms. The van der Waals surface area contributed by atoms with Crippen LogP contribution in [0.2, 0.25) is 0 Å². The van der Waals surface area contributed by atoms with Crippen LogP contribution in [0.5, 0.6) is 5.75 Å². The van der Waals surface area contributed by atoms with E-state index in [1.54, 1.807) is 0 Å². The van der Waals surface area contributed by atoms with Crippen molar-refractivity contribution in [3.05, 3.63) is 27.8 Å². The second kappa shape index (κ2) is 3.62. The molecule has 1 aromatic carbocycles. The molecule has 0 radical (unpaired) electrons. The molecule has 0 heterocycles. The van der Waals surface area contributed by atoms with E-state index in [1.807, 2.05) is 0 Å². The fourth-order valence-electron chi connectivity index (χ4n) is 4.13. The zero-order valence-electron chi connectivity index (χ0n) is 9.86. The Labute approximate surface area is 116 Å². The average molecular weight is 340 g/mol. The summed E-state index contributed by atoms with van der Waals surface area (Å²) in [6.45, 7) is 0. The van der Waals surface area contributed by atoms with E-state index >= 15 is 0 Å². The molecule has 0 aromatic heterocycles. The minimum absolute atomic E-state index is 0.487. The fourth-order valence-corrected chi connectivity index (χ4v) is 4.49. The largest absolute Gasteiger partial charge is 0.490 e. The summed E-state index contributed by atoms with van der Waals surface area (Å²) >= 11 is 2.34. The molecular weight excluding hydrogens is 323 g/mol. The number of halogens is 1. The van der Waals surface area contributed by atoms with E-state index in [9.17, 15) is 0 Å². The highest BCUT2D eigenvalue weighted by Gasteiger charge is 2.66. The van der Waals surface area contributed by atoms with Gasteiger partial charge in [-0.25, -0.2) is 0 Å². The van der Waals surface area contributed by atoms with Crippen LogP contribution in [0.4, 0.5) is 0 Å². The Balaban J connectivity index is 1.45. The standard InChI is InChI=1S/C15H17IO/c16-12-1-3-13(4-2-12)17-14-7-10-5-6-15(10)9-11(15)8-14/h1-4,10-11,14H,5-9H2. The third-order valence-corrected chi connectivity index (χ3v) is 5.98. The highest BCUT2D eigenvalue weighted by molar-refractivity contribution is 14.1. The fraction of sp³-hybridized carbons (Fsp3) is 0.600. The SMILES string of the molecule is Ic1ccc(OC2CC3CCC34CC4C2)cc1. The lowest BCUT2D eigenvalue weighted by Gasteiger charge is -2.44. The molecule has 4 rings (SSSR count). The molecule has 17 heavy (non-hydrogen) atoms. The molecule has 0 amide bonds. The molecule has 3 aliphatic rings. The minimum atomic E-state index is 0.487. The molecular formula is C15H17IO. The molecule has 3 saturated carbocycles. The summed E-state index contributed by atoms with van der Waals surface area (Å²) in [5, 5.41) is 0. The lowest BCUT2D eigenvalue weighted by Crippen LogP contribution is -2.39. The van der Waals surface area contributed by atoms with Gasteiger partial charge in [0, 0.05) is 3.57 Å². The summed E-state index contributed by atoms with van der Waals surface area (Å²) in [7, 11) is 0. The number of hydrogen-bond donors (Lipinski definition) is 0. The van der Waals surface area contributed by atoms with Gasteiger partial charge in [-0.3, -0.25) is 0 Å². The van der Waals surface area contributed by atoms with Gasteiger partial charge >= 0.3 is 0 Å². The van der Waals surface area contributed by atoms with E-state index in [-0.39, 0.29) is 0 Å². The quantitative estimate of drug-likeness (QED) is 0.732. The Morgan fingerprint density at radius 1 is 1.12 bits per heavy atom. The Kier molecular flexibility index (Phi) is 2.27. The van der Waals surface area contributed by atoms with Crippen molar-refractivity contribution >= 4 is 22.6 Å². The first-order valence-electron chi connectivity index (χ1n) is 6.68. The first-order chi connectivity index (χ1) is 8.26. The second-order valence-electron chi connectivity index (χ2n) is 6.03. The Morgan fingerprint density at radius 3 is 2.53 bits per heavy atom. The van der Waals surface area contributed by atoms with E-state index in [2.05, 4.69) is 46.9 Å². The van der Waals surface area contributed by atoms with Crippen molar-refractivity contribution in [3.8, 4) is 5.75 Å². The third kappa shape index (κ3) is 1.63. The van der Waals surface area contributed by atoms with Gasteiger partial charge in [-0.2, -0.15) is 0 Å². The molecule has 3 aliphatic carbocycles. The topological polar surface area (TPSA) is 9.23 Å². The van der Waals surface area contributed by atoms with E-state index in [0.29, 0.717) is 6.10 Å². The second-order valence-corrected chi connectivity index (χ2v) is 7.28. The molecule has 1 nitrogen and oxygen atoms in total. The van der Waals surface area contributed by atoms with Gasteiger partial charge in [-0.05, 0) is 96.2 Å². The van der Waals surface area contributed by atoms with E-state index in [1.165, 1.54) is 35.7 Å². The molecule has 90 valence electrons. The first-order valence-corrected chi connectivity index (χ1v) is 7.76. The van der Waals surface area contributed by atoms with E-state index in [4.69, 9.17) is 4.74 Å². The number of hydrogen-bond acceptors (Lipinski definition) is 1. The van der Waals surface area contributed by atoms with Crippen LogP contribution in [0, 0.1) is 20.8 Å². The van der Waals surface area contributed by atoms with Crippen molar-refractivity contribution in [2.45, 2.75) is 38.2 Å². The summed E-state index contributed by atoms with van der Waals surface area (Å²) in [5.41, 5.74) is 0.825. The van der Waals surface area contributed by atoms with Gasteiger partial charge in [-0.15, -0.1) is 0 Å². The molecule has 0 bridgehead atoms. The average Bonchev–Trinajstić information content (AvgIpc) is 3.04. The highest BCUT2D eigenvalue weighted by Crippen LogP contribution is 2.73. The predicted octanol–water partition coefficient (Wildman–Crippen LogP) is 4.25. The van der Waals surface area contributed by atoms with Gasteiger partial charge in [0.15, 0.2) is 0 Å². The Bertz CT molecular complexity index is 441. The summed E-state index contributed by atoms with van der Waals surface area (Å²) in [6, 6.07) is 8.47. The van der Waals surface area contributed by atoms with Crippen molar-refractivity contribution in [1.29, 1.82) is 0 Å². The number of ether oxygens (including phenoxy) is 1. The molecule has 0 N–H and O–H groups in total. The molecule has 1 spiro atoms. The minimum Gasteiger partial charge on any atom is -0.490 e. The molecule has 4 unspecified atom stereocenters. The zero-order chi connectivity index (χ0) is 11.5. The van der Waals surface area contributed by atoms with E-state index < -0.39 is 0 Å². The van der Waals surface area contributed by atoms with Gasteiger partial charge in [0.2, 0.25) is 0 Å². The summed E-state index contributed by atoms with van der Waals surface area (Å²) in [4.78, 5) is 0. The molecule has 1 aromatic rings. The maximum Gasteiger partial charge on any atom is 0.119 e. The van der Waals surface area contributed by atoms with Crippen LogP contribution in [-0.4, -0.2) is 6.10 Å². The number of benzene rings is 1. The smallest absolute Gasteiger partial charge is 0.119 e.